The molecule has 0 spiro atoms. The normalized spacial score (nSPS) is 26.6. The van der Waals surface area contributed by atoms with Gasteiger partial charge in [-0.25, -0.2) is 0 Å². The van der Waals surface area contributed by atoms with Gasteiger partial charge in [0.2, 0.25) is 5.91 Å². The average molecular weight is 172 g/mol. The highest BCUT2D eigenvalue weighted by Gasteiger charge is 2.26. The van der Waals surface area contributed by atoms with Gasteiger partial charge in [-0.1, -0.05) is 0 Å². The second-order valence-electron chi connectivity index (χ2n) is 3.15. The van der Waals surface area contributed by atoms with Crippen molar-refractivity contribution in [3.63, 3.8) is 0 Å². The minimum absolute atomic E-state index is 0.231. The lowest BCUT2D eigenvalue weighted by molar-refractivity contribution is -0.122. The molecule has 0 aromatic heterocycles. The third-order valence-electron chi connectivity index (χ3n) is 2.28. The molecule has 0 radical (unpaired) electrons. The Morgan fingerprint density at radius 2 is 2.50 bits per heavy atom. The molecule has 1 aliphatic heterocycles. The lowest BCUT2D eigenvalue weighted by atomic mass is 9.93. The number of nitrogens with two attached hydrogens (primary N) is 1. The van der Waals surface area contributed by atoms with Gasteiger partial charge in [0.25, 0.3) is 0 Å². The SMILES string of the molecule is CNC(C(N)=O)C1CCCOC1. The van der Waals surface area contributed by atoms with Crippen molar-refractivity contribution in [2.45, 2.75) is 18.9 Å². The highest BCUT2D eigenvalue weighted by atomic mass is 16.5. The van der Waals surface area contributed by atoms with Crippen LogP contribution >= 0.6 is 0 Å². The molecule has 2 unspecified atom stereocenters. The predicted octanol–water partition coefficient (Wildman–Crippen LogP) is -0.514. The van der Waals surface area contributed by atoms with E-state index in [0.717, 1.165) is 19.4 Å². The topological polar surface area (TPSA) is 64.3 Å². The molecular formula is C8H16N2O2. The maximum absolute atomic E-state index is 10.9. The summed E-state index contributed by atoms with van der Waals surface area (Å²) < 4.78 is 5.27. The van der Waals surface area contributed by atoms with Crippen molar-refractivity contribution < 1.29 is 9.53 Å². The molecule has 1 amide bonds. The number of rotatable bonds is 3. The molecule has 12 heavy (non-hydrogen) atoms. The molecular weight excluding hydrogens is 156 g/mol. The number of carbonyl (C=O) groups excluding carboxylic acids is 1. The zero-order valence-electron chi connectivity index (χ0n) is 7.38. The molecule has 70 valence electrons. The highest BCUT2D eigenvalue weighted by molar-refractivity contribution is 5.80. The molecule has 0 aliphatic carbocycles. The van der Waals surface area contributed by atoms with Gasteiger partial charge in [0.15, 0.2) is 0 Å². The highest BCUT2D eigenvalue weighted by Crippen LogP contribution is 2.16. The number of hydrogen-bond donors (Lipinski definition) is 2. The van der Waals surface area contributed by atoms with Gasteiger partial charge in [-0.3, -0.25) is 4.79 Å². The number of ether oxygens (including phenoxy) is 1. The van der Waals surface area contributed by atoms with E-state index in [4.69, 9.17) is 10.5 Å². The Bertz CT molecular complexity index is 155. The zero-order valence-corrected chi connectivity index (χ0v) is 7.38. The van der Waals surface area contributed by atoms with E-state index < -0.39 is 0 Å². The van der Waals surface area contributed by atoms with E-state index in [-0.39, 0.29) is 17.9 Å². The van der Waals surface area contributed by atoms with Crippen LogP contribution in [0.25, 0.3) is 0 Å². The fraction of sp³-hybridized carbons (Fsp3) is 0.875. The van der Waals surface area contributed by atoms with E-state index >= 15 is 0 Å². The molecule has 1 rings (SSSR count). The summed E-state index contributed by atoms with van der Waals surface area (Å²) in [6.45, 7) is 1.46. The Labute approximate surface area is 72.5 Å². The van der Waals surface area contributed by atoms with Crippen molar-refractivity contribution in [3.05, 3.63) is 0 Å². The smallest absolute Gasteiger partial charge is 0.234 e. The minimum Gasteiger partial charge on any atom is -0.381 e. The lowest BCUT2D eigenvalue weighted by Gasteiger charge is -2.27. The maximum atomic E-state index is 10.9. The van der Waals surface area contributed by atoms with Gasteiger partial charge in [-0.2, -0.15) is 0 Å². The average Bonchev–Trinajstić information content (AvgIpc) is 2.07. The van der Waals surface area contributed by atoms with Crippen LogP contribution in [0.5, 0.6) is 0 Å². The largest absolute Gasteiger partial charge is 0.381 e. The zero-order chi connectivity index (χ0) is 8.97. The van der Waals surface area contributed by atoms with Crippen molar-refractivity contribution >= 4 is 5.91 Å². The second-order valence-corrected chi connectivity index (χ2v) is 3.15. The molecule has 0 aromatic carbocycles. The fourth-order valence-electron chi connectivity index (χ4n) is 1.64. The van der Waals surface area contributed by atoms with E-state index in [1.807, 2.05) is 0 Å². The number of amides is 1. The van der Waals surface area contributed by atoms with Crippen LogP contribution in [0.15, 0.2) is 0 Å². The molecule has 1 saturated heterocycles. The van der Waals surface area contributed by atoms with Crippen LogP contribution in [0.2, 0.25) is 0 Å². The number of primary amides is 1. The Morgan fingerprint density at radius 1 is 1.75 bits per heavy atom. The van der Waals surface area contributed by atoms with Crippen molar-refractivity contribution in [1.29, 1.82) is 0 Å². The standard InChI is InChI=1S/C8H16N2O2/c1-10-7(8(9)11)6-3-2-4-12-5-6/h6-7,10H,2-5H2,1H3,(H2,9,11). The summed E-state index contributed by atoms with van der Waals surface area (Å²) in [5.74, 6) is -0.0331. The third kappa shape index (κ3) is 2.19. The summed E-state index contributed by atoms with van der Waals surface area (Å²) in [5, 5.41) is 2.92. The third-order valence-corrected chi connectivity index (χ3v) is 2.28. The summed E-state index contributed by atoms with van der Waals surface area (Å²) in [5.41, 5.74) is 5.22. The molecule has 0 bridgehead atoms. The van der Waals surface area contributed by atoms with Gasteiger partial charge >= 0.3 is 0 Å². The fourth-order valence-corrected chi connectivity index (χ4v) is 1.64. The molecule has 4 heteroatoms. The number of likely N-dealkylation sites (N-methyl/N-ethyl adjacent to an activating group) is 1. The van der Waals surface area contributed by atoms with Gasteiger partial charge in [-0.15, -0.1) is 0 Å². The van der Waals surface area contributed by atoms with E-state index in [1.54, 1.807) is 7.05 Å². The first-order valence-electron chi connectivity index (χ1n) is 4.30. The van der Waals surface area contributed by atoms with Gasteiger partial charge in [0.05, 0.1) is 12.6 Å². The molecule has 1 aliphatic rings. The van der Waals surface area contributed by atoms with Crippen LogP contribution in [-0.4, -0.2) is 32.2 Å². The first-order valence-corrected chi connectivity index (χ1v) is 4.30. The number of carbonyl (C=O) groups is 1. The van der Waals surface area contributed by atoms with Crippen molar-refractivity contribution in [2.75, 3.05) is 20.3 Å². The first-order chi connectivity index (χ1) is 5.75. The molecule has 3 N–H and O–H groups in total. The molecule has 1 heterocycles. The second kappa shape index (κ2) is 4.42. The molecule has 4 nitrogen and oxygen atoms in total. The van der Waals surface area contributed by atoms with Gasteiger partial charge in [-0.05, 0) is 19.9 Å². The quantitative estimate of drug-likeness (QED) is 0.602. The van der Waals surface area contributed by atoms with Gasteiger partial charge < -0.3 is 15.8 Å². The number of nitrogens with one attached hydrogen (secondary N) is 1. The molecule has 0 aromatic rings. The summed E-state index contributed by atoms with van der Waals surface area (Å²) in [4.78, 5) is 10.9. The number of hydrogen-bond acceptors (Lipinski definition) is 3. The van der Waals surface area contributed by atoms with E-state index in [2.05, 4.69) is 5.32 Å². The molecule has 1 fully saturated rings. The van der Waals surface area contributed by atoms with Crippen molar-refractivity contribution in [3.8, 4) is 0 Å². The molecule has 0 saturated carbocycles. The first kappa shape index (κ1) is 9.48. The maximum Gasteiger partial charge on any atom is 0.234 e. The van der Waals surface area contributed by atoms with Gasteiger partial charge in [0.1, 0.15) is 0 Å². The summed E-state index contributed by atoms with van der Waals surface area (Å²) in [7, 11) is 1.75. The van der Waals surface area contributed by atoms with Crippen LogP contribution in [0.1, 0.15) is 12.8 Å². The van der Waals surface area contributed by atoms with Crippen LogP contribution in [-0.2, 0) is 9.53 Å². The van der Waals surface area contributed by atoms with Crippen molar-refractivity contribution in [1.82, 2.24) is 5.32 Å². The van der Waals surface area contributed by atoms with Gasteiger partial charge in [0, 0.05) is 12.5 Å². The monoisotopic (exact) mass is 172 g/mol. The summed E-state index contributed by atoms with van der Waals surface area (Å²) in [6.07, 6.45) is 2.05. The summed E-state index contributed by atoms with van der Waals surface area (Å²) in [6, 6.07) is -0.231. The molecule has 2 atom stereocenters. The Hall–Kier alpha value is -0.610. The van der Waals surface area contributed by atoms with Crippen LogP contribution in [0.4, 0.5) is 0 Å². The van der Waals surface area contributed by atoms with Crippen LogP contribution < -0.4 is 11.1 Å². The summed E-state index contributed by atoms with van der Waals surface area (Å²) >= 11 is 0. The van der Waals surface area contributed by atoms with Crippen molar-refractivity contribution in [2.24, 2.45) is 11.7 Å². The van der Waals surface area contributed by atoms with Crippen LogP contribution in [0, 0.1) is 5.92 Å². The van der Waals surface area contributed by atoms with E-state index in [9.17, 15) is 4.79 Å². The van der Waals surface area contributed by atoms with Crippen LogP contribution in [0.3, 0.4) is 0 Å². The Balaban J connectivity index is 2.46. The van der Waals surface area contributed by atoms with E-state index in [1.165, 1.54) is 0 Å². The predicted molar refractivity (Wildman–Crippen MR) is 45.6 cm³/mol. The Morgan fingerprint density at radius 3 is 2.92 bits per heavy atom. The lowest BCUT2D eigenvalue weighted by Crippen LogP contribution is -2.47. The minimum atomic E-state index is -0.284. The van der Waals surface area contributed by atoms with E-state index in [0.29, 0.717) is 6.61 Å². The Kier molecular flexibility index (Phi) is 3.49.